The Morgan fingerprint density at radius 1 is 1.33 bits per heavy atom. The number of carbonyl (C=O) groups is 1. The van der Waals surface area contributed by atoms with Gasteiger partial charge in [-0.2, -0.15) is 9.30 Å². The average molecular weight is 502 g/mol. The van der Waals surface area contributed by atoms with Crippen LogP contribution in [0.1, 0.15) is 38.2 Å². The zero-order valence-electron chi connectivity index (χ0n) is 18.6. The molecule has 1 unspecified atom stereocenters. The highest BCUT2D eigenvalue weighted by Crippen LogP contribution is 2.27. The Morgan fingerprint density at radius 2 is 2.18 bits per heavy atom. The maximum Gasteiger partial charge on any atom is 0.252 e. The van der Waals surface area contributed by atoms with E-state index < -0.39 is 15.9 Å². The number of thiophene rings is 1. The third-order valence-electron chi connectivity index (χ3n) is 5.84. The van der Waals surface area contributed by atoms with E-state index in [0.717, 1.165) is 29.5 Å². The Hall–Kier alpha value is -2.25. The van der Waals surface area contributed by atoms with Crippen molar-refractivity contribution in [2.24, 2.45) is 10.9 Å². The minimum absolute atomic E-state index is 0.157. The number of unbranched alkanes of at least 4 members (excludes halogenated alkanes) is 1. The number of nitrogens with zero attached hydrogens (tertiary/aromatic N) is 3. The van der Waals surface area contributed by atoms with Crippen LogP contribution in [0.4, 0.5) is 0 Å². The van der Waals surface area contributed by atoms with Crippen LogP contribution in [-0.4, -0.2) is 36.3 Å². The molecule has 0 N–H and O–H groups in total. The molecule has 0 aliphatic carbocycles. The van der Waals surface area contributed by atoms with Gasteiger partial charge in [-0.3, -0.25) is 4.79 Å². The van der Waals surface area contributed by atoms with Crippen molar-refractivity contribution in [3.63, 3.8) is 0 Å². The lowest BCUT2D eigenvalue weighted by molar-refractivity contribution is -0.122. The summed E-state index contributed by atoms with van der Waals surface area (Å²) in [6, 6.07) is 9.64. The van der Waals surface area contributed by atoms with Gasteiger partial charge < -0.3 is 4.57 Å². The van der Waals surface area contributed by atoms with Crippen LogP contribution in [0.15, 0.2) is 44.9 Å². The summed E-state index contributed by atoms with van der Waals surface area (Å²) in [6.07, 6.45) is 10.1. The summed E-state index contributed by atoms with van der Waals surface area (Å²) in [5.74, 6) is 1.91. The zero-order chi connectivity index (χ0) is 23.4. The van der Waals surface area contributed by atoms with E-state index in [4.69, 9.17) is 6.42 Å². The van der Waals surface area contributed by atoms with Gasteiger partial charge in [0.15, 0.2) is 4.80 Å². The Morgan fingerprint density at radius 3 is 2.91 bits per heavy atom. The number of aryl methyl sites for hydroxylation is 1. The molecule has 0 saturated carbocycles. The molecule has 1 aliphatic rings. The smallest absolute Gasteiger partial charge is 0.252 e. The highest BCUT2D eigenvalue weighted by atomic mass is 32.2. The molecule has 3 heterocycles. The second-order valence-corrected chi connectivity index (χ2v) is 12.3. The van der Waals surface area contributed by atoms with Gasteiger partial charge in [-0.15, -0.1) is 17.8 Å². The minimum atomic E-state index is -3.58. The maximum absolute atomic E-state index is 13.1. The zero-order valence-corrected chi connectivity index (χ0v) is 21.0. The number of hydrogen-bond donors (Lipinski definition) is 0. The Labute approximate surface area is 202 Å². The number of aromatic nitrogens is 1. The van der Waals surface area contributed by atoms with Gasteiger partial charge in [0.25, 0.3) is 15.9 Å². The molecule has 0 radical (unpaired) electrons. The van der Waals surface area contributed by atoms with Crippen LogP contribution < -0.4 is 4.80 Å². The summed E-state index contributed by atoms with van der Waals surface area (Å²) in [7, 11) is -3.58. The summed E-state index contributed by atoms with van der Waals surface area (Å²) < 4.78 is 30.5. The molecule has 174 valence electrons. The lowest BCUT2D eigenvalue weighted by Crippen LogP contribution is -2.42. The first-order valence-electron chi connectivity index (χ1n) is 11.1. The van der Waals surface area contributed by atoms with E-state index in [9.17, 15) is 13.2 Å². The molecule has 33 heavy (non-hydrogen) atoms. The van der Waals surface area contributed by atoms with E-state index in [2.05, 4.69) is 30.0 Å². The molecular weight excluding hydrogens is 474 g/mol. The largest absolute Gasteiger partial charge is 0.305 e. The van der Waals surface area contributed by atoms with Crippen molar-refractivity contribution in [2.45, 2.75) is 49.8 Å². The van der Waals surface area contributed by atoms with Gasteiger partial charge >= 0.3 is 0 Å². The van der Waals surface area contributed by atoms with E-state index in [1.165, 1.54) is 32.5 Å². The van der Waals surface area contributed by atoms with Crippen molar-refractivity contribution >= 4 is 48.8 Å². The van der Waals surface area contributed by atoms with Gasteiger partial charge in [0.05, 0.1) is 22.7 Å². The van der Waals surface area contributed by atoms with Crippen LogP contribution in [0.5, 0.6) is 0 Å². The minimum Gasteiger partial charge on any atom is -0.305 e. The van der Waals surface area contributed by atoms with Gasteiger partial charge in [-0.05, 0) is 54.8 Å². The van der Waals surface area contributed by atoms with Crippen molar-refractivity contribution in [2.75, 3.05) is 13.1 Å². The fraction of sp³-hybridized carbons (Fsp3) is 0.417. The molecule has 1 fully saturated rings. The van der Waals surface area contributed by atoms with E-state index in [-0.39, 0.29) is 12.5 Å². The summed E-state index contributed by atoms with van der Waals surface area (Å²) in [6.45, 7) is 3.07. The van der Waals surface area contributed by atoms with Crippen LogP contribution in [0.3, 0.4) is 0 Å². The topological polar surface area (TPSA) is 71.7 Å². The van der Waals surface area contributed by atoms with Crippen LogP contribution in [0, 0.1) is 18.3 Å². The standard InChI is InChI=1S/C24H27N3O3S3/c1-3-5-8-18-11-12-20-21(16-18)32-24(27(20)13-4-2)25-23(28)19-9-6-14-26(17-19)33(29,30)22-10-7-15-31-22/h2,7,10-12,15-16,19H,3,5-6,8-9,13-14,17H2,1H3. The summed E-state index contributed by atoms with van der Waals surface area (Å²) in [5, 5.41) is 1.74. The molecule has 2 aromatic heterocycles. The fourth-order valence-electron chi connectivity index (χ4n) is 4.07. The SMILES string of the molecule is C#CCn1c(=NC(=O)C2CCCN(S(=O)(=O)c3cccs3)C2)sc2cc(CCCC)ccc21. The number of carbonyl (C=O) groups excluding carboxylic acids is 1. The summed E-state index contributed by atoms with van der Waals surface area (Å²) in [5.41, 5.74) is 2.23. The van der Waals surface area contributed by atoms with Crippen LogP contribution in [-0.2, 0) is 27.8 Å². The lowest BCUT2D eigenvalue weighted by Gasteiger charge is -2.29. The number of thiazole rings is 1. The van der Waals surface area contributed by atoms with Gasteiger partial charge in [-0.25, -0.2) is 8.42 Å². The number of sulfonamides is 1. The second kappa shape index (κ2) is 10.3. The normalized spacial score (nSPS) is 17.9. The molecule has 1 aliphatic heterocycles. The molecule has 6 nitrogen and oxygen atoms in total. The Bertz CT molecular complexity index is 1340. The molecule has 9 heteroatoms. The van der Waals surface area contributed by atoms with Crippen LogP contribution in [0.25, 0.3) is 10.2 Å². The molecule has 1 saturated heterocycles. The molecular formula is C24H27N3O3S3. The van der Waals surface area contributed by atoms with Gasteiger partial charge in [-0.1, -0.05) is 42.7 Å². The van der Waals surface area contributed by atoms with Crippen molar-refractivity contribution in [1.29, 1.82) is 0 Å². The van der Waals surface area contributed by atoms with Crippen molar-refractivity contribution in [3.8, 4) is 12.3 Å². The molecule has 3 aromatic rings. The monoisotopic (exact) mass is 501 g/mol. The van der Waals surface area contributed by atoms with Crippen molar-refractivity contribution in [1.82, 2.24) is 8.87 Å². The third kappa shape index (κ3) is 5.14. The van der Waals surface area contributed by atoms with E-state index in [1.807, 2.05) is 10.6 Å². The molecule has 1 atom stereocenters. The highest BCUT2D eigenvalue weighted by molar-refractivity contribution is 7.91. The first kappa shape index (κ1) is 23.9. The van der Waals surface area contributed by atoms with Gasteiger partial charge in [0, 0.05) is 13.1 Å². The lowest BCUT2D eigenvalue weighted by atomic mass is 9.99. The molecule has 0 bridgehead atoms. The summed E-state index contributed by atoms with van der Waals surface area (Å²) >= 11 is 2.65. The van der Waals surface area contributed by atoms with Gasteiger partial charge in [0.1, 0.15) is 4.21 Å². The predicted molar refractivity (Wildman–Crippen MR) is 134 cm³/mol. The van der Waals surface area contributed by atoms with Crippen LogP contribution >= 0.6 is 22.7 Å². The quantitative estimate of drug-likeness (QED) is 0.454. The number of benzene rings is 1. The van der Waals surface area contributed by atoms with E-state index in [1.54, 1.807) is 17.5 Å². The van der Waals surface area contributed by atoms with E-state index >= 15 is 0 Å². The number of fused-ring (bicyclic) bond motifs is 1. The Balaban J connectivity index is 1.62. The fourth-order valence-corrected chi connectivity index (χ4v) is 7.84. The third-order valence-corrected chi connectivity index (χ3v) is 10.1. The van der Waals surface area contributed by atoms with Gasteiger partial charge in [0.2, 0.25) is 0 Å². The Kier molecular flexibility index (Phi) is 7.49. The van der Waals surface area contributed by atoms with Crippen molar-refractivity contribution in [3.05, 3.63) is 46.1 Å². The highest BCUT2D eigenvalue weighted by Gasteiger charge is 2.33. The average Bonchev–Trinajstić information content (AvgIpc) is 3.47. The van der Waals surface area contributed by atoms with E-state index in [0.29, 0.717) is 34.9 Å². The molecule has 1 aromatic carbocycles. The predicted octanol–water partition coefficient (Wildman–Crippen LogP) is 4.27. The molecule has 1 amide bonds. The first-order valence-corrected chi connectivity index (χ1v) is 14.3. The molecule has 4 rings (SSSR count). The molecule has 0 spiro atoms. The van der Waals surface area contributed by atoms with Crippen molar-refractivity contribution < 1.29 is 13.2 Å². The number of amides is 1. The maximum atomic E-state index is 13.1. The summed E-state index contributed by atoms with van der Waals surface area (Å²) in [4.78, 5) is 18.1. The number of piperidine rings is 1. The first-order chi connectivity index (χ1) is 15.9. The number of hydrogen-bond acceptors (Lipinski definition) is 5. The number of rotatable bonds is 7. The second-order valence-electron chi connectivity index (χ2n) is 8.16. The van der Waals surface area contributed by atoms with Crippen LogP contribution in [0.2, 0.25) is 0 Å². The number of terminal acetylenes is 1.